The van der Waals surface area contributed by atoms with Gasteiger partial charge < -0.3 is 10.2 Å². The highest BCUT2D eigenvalue weighted by Crippen LogP contribution is 2.49. The smallest absolute Gasteiger partial charge is 0.330 e. The third kappa shape index (κ3) is 4.58. The molecule has 0 spiro atoms. The zero-order chi connectivity index (χ0) is 16.1. The molecule has 0 unspecified atom stereocenters. The molecule has 0 bridgehead atoms. The van der Waals surface area contributed by atoms with Crippen LogP contribution in [0.25, 0.3) is 0 Å². The summed E-state index contributed by atoms with van der Waals surface area (Å²) < 4.78 is -1.89. The molecule has 0 aliphatic heterocycles. The Hall–Kier alpha value is -0.360. The standard InChI is InChI=1S/C14H26O4S2/c1-9(2)5-7-13(11(15)16,8-6-10(3)4)14(19,20)12(17)18/h9-10,19-20H,5-8H2,1-4H3,(H,15,16)(H,17,18). The molecular weight excluding hydrogens is 296 g/mol. The van der Waals surface area contributed by atoms with Crippen molar-refractivity contribution in [2.75, 3.05) is 0 Å². The summed E-state index contributed by atoms with van der Waals surface area (Å²) in [5.74, 6) is -1.86. The molecule has 0 aromatic carbocycles. The van der Waals surface area contributed by atoms with Crippen LogP contribution in [0.2, 0.25) is 0 Å². The Morgan fingerprint density at radius 2 is 1.25 bits per heavy atom. The highest BCUT2D eigenvalue weighted by atomic mass is 32.2. The molecule has 0 fully saturated rings. The van der Waals surface area contributed by atoms with Crippen LogP contribution < -0.4 is 0 Å². The fraction of sp³-hybridized carbons (Fsp3) is 0.857. The Balaban J connectivity index is 5.55. The lowest BCUT2D eigenvalue weighted by molar-refractivity contribution is -0.157. The second kappa shape index (κ2) is 7.59. The zero-order valence-electron chi connectivity index (χ0n) is 12.6. The van der Waals surface area contributed by atoms with E-state index in [0.717, 1.165) is 0 Å². The van der Waals surface area contributed by atoms with Crippen LogP contribution in [0.4, 0.5) is 0 Å². The first-order chi connectivity index (χ1) is 8.97. The van der Waals surface area contributed by atoms with Crippen LogP contribution in [0.3, 0.4) is 0 Å². The normalized spacial score (nSPS) is 13.0. The van der Waals surface area contributed by atoms with Crippen molar-refractivity contribution in [3.63, 3.8) is 0 Å². The van der Waals surface area contributed by atoms with E-state index in [1.807, 2.05) is 27.7 Å². The van der Waals surface area contributed by atoms with Gasteiger partial charge in [0.2, 0.25) is 0 Å². The molecule has 0 amide bonds. The Bertz CT molecular complexity index is 339. The maximum atomic E-state index is 11.8. The van der Waals surface area contributed by atoms with Crippen LogP contribution in [0, 0.1) is 17.3 Å². The van der Waals surface area contributed by atoms with Crippen molar-refractivity contribution >= 4 is 37.2 Å². The van der Waals surface area contributed by atoms with Crippen molar-refractivity contribution in [2.45, 2.75) is 57.5 Å². The van der Waals surface area contributed by atoms with Crippen molar-refractivity contribution in [2.24, 2.45) is 17.3 Å². The quantitative estimate of drug-likeness (QED) is 0.387. The van der Waals surface area contributed by atoms with Gasteiger partial charge in [-0.2, -0.15) is 0 Å². The molecule has 2 N–H and O–H groups in total. The molecule has 6 heteroatoms. The minimum Gasteiger partial charge on any atom is -0.481 e. The summed E-state index contributed by atoms with van der Waals surface area (Å²) in [7, 11) is 0. The number of carboxylic acids is 2. The van der Waals surface area contributed by atoms with Gasteiger partial charge in [0.15, 0.2) is 4.08 Å². The van der Waals surface area contributed by atoms with Gasteiger partial charge in [-0.1, -0.05) is 27.7 Å². The van der Waals surface area contributed by atoms with Crippen molar-refractivity contribution in [3.05, 3.63) is 0 Å². The molecule has 0 aliphatic carbocycles. The van der Waals surface area contributed by atoms with Crippen LogP contribution in [0.1, 0.15) is 53.4 Å². The van der Waals surface area contributed by atoms with Gasteiger partial charge >= 0.3 is 11.9 Å². The summed E-state index contributed by atoms with van der Waals surface area (Å²) in [5, 5.41) is 19.0. The van der Waals surface area contributed by atoms with E-state index in [0.29, 0.717) is 24.7 Å². The first-order valence-electron chi connectivity index (χ1n) is 6.89. The van der Waals surface area contributed by atoms with Crippen LogP contribution in [-0.2, 0) is 9.59 Å². The molecule has 0 radical (unpaired) electrons. The second-order valence-corrected chi connectivity index (χ2v) is 7.92. The van der Waals surface area contributed by atoms with E-state index < -0.39 is 21.4 Å². The van der Waals surface area contributed by atoms with Gasteiger partial charge in [-0.25, -0.2) is 4.79 Å². The van der Waals surface area contributed by atoms with Crippen LogP contribution in [0.5, 0.6) is 0 Å². The van der Waals surface area contributed by atoms with Gasteiger partial charge in [0.1, 0.15) is 5.41 Å². The summed E-state index contributed by atoms with van der Waals surface area (Å²) in [6.07, 6.45) is 1.76. The Morgan fingerprint density at radius 3 is 1.45 bits per heavy atom. The molecular formula is C14H26O4S2. The molecule has 118 valence electrons. The highest BCUT2D eigenvalue weighted by molar-refractivity contribution is 8.02. The van der Waals surface area contributed by atoms with E-state index >= 15 is 0 Å². The third-order valence-electron chi connectivity index (χ3n) is 3.67. The van der Waals surface area contributed by atoms with Crippen LogP contribution >= 0.6 is 25.3 Å². The number of carbonyl (C=O) groups is 2. The number of thiol groups is 2. The lowest BCUT2D eigenvalue weighted by Crippen LogP contribution is -2.51. The maximum absolute atomic E-state index is 11.8. The Labute approximate surface area is 132 Å². The molecule has 0 heterocycles. The fourth-order valence-electron chi connectivity index (χ4n) is 2.11. The molecule has 0 aromatic rings. The number of rotatable bonds is 9. The van der Waals surface area contributed by atoms with Crippen LogP contribution in [-0.4, -0.2) is 26.2 Å². The minimum absolute atomic E-state index is 0.256. The largest absolute Gasteiger partial charge is 0.481 e. The Kier molecular flexibility index (Phi) is 7.46. The van der Waals surface area contributed by atoms with Gasteiger partial charge in [0.05, 0.1) is 0 Å². The minimum atomic E-state index is -1.89. The lowest BCUT2D eigenvalue weighted by atomic mass is 9.73. The zero-order valence-corrected chi connectivity index (χ0v) is 14.4. The predicted molar refractivity (Wildman–Crippen MR) is 86.6 cm³/mol. The van der Waals surface area contributed by atoms with E-state index in [-0.39, 0.29) is 12.8 Å². The maximum Gasteiger partial charge on any atom is 0.330 e. The van der Waals surface area contributed by atoms with Gasteiger partial charge in [-0.3, -0.25) is 4.79 Å². The first kappa shape index (κ1) is 19.6. The topological polar surface area (TPSA) is 74.6 Å². The molecule has 0 saturated heterocycles. The summed E-state index contributed by atoms with van der Waals surface area (Å²) in [4.78, 5) is 23.3. The molecule has 0 aliphatic rings. The van der Waals surface area contributed by atoms with Crippen molar-refractivity contribution in [1.82, 2.24) is 0 Å². The average molecular weight is 322 g/mol. The lowest BCUT2D eigenvalue weighted by Gasteiger charge is -2.40. The van der Waals surface area contributed by atoms with Crippen molar-refractivity contribution in [3.8, 4) is 0 Å². The number of hydrogen-bond donors (Lipinski definition) is 4. The average Bonchev–Trinajstić information content (AvgIpc) is 2.27. The molecule has 0 aromatic heterocycles. The highest BCUT2D eigenvalue weighted by Gasteiger charge is 2.57. The van der Waals surface area contributed by atoms with Crippen LogP contribution in [0.15, 0.2) is 0 Å². The van der Waals surface area contributed by atoms with E-state index in [2.05, 4.69) is 25.3 Å². The van der Waals surface area contributed by atoms with Crippen molar-refractivity contribution in [1.29, 1.82) is 0 Å². The first-order valence-corrected chi connectivity index (χ1v) is 7.78. The molecule has 0 atom stereocenters. The summed E-state index contributed by atoms with van der Waals surface area (Å²) in [6.45, 7) is 7.92. The molecule has 20 heavy (non-hydrogen) atoms. The van der Waals surface area contributed by atoms with Crippen molar-refractivity contribution < 1.29 is 19.8 Å². The van der Waals surface area contributed by atoms with E-state index in [1.54, 1.807) is 0 Å². The summed E-state index contributed by atoms with van der Waals surface area (Å²) in [5.41, 5.74) is -1.47. The van der Waals surface area contributed by atoms with E-state index in [1.165, 1.54) is 0 Å². The fourth-order valence-corrected chi connectivity index (χ4v) is 2.75. The number of carboxylic acid groups (broad SMARTS) is 2. The SMILES string of the molecule is CC(C)CCC(CCC(C)C)(C(=O)O)C(S)(S)C(=O)O. The monoisotopic (exact) mass is 322 g/mol. The molecule has 0 saturated carbocycles. The predicted octanol–water partition coefficient (Wildman–Crippen LogP) is 3.57. The summed E-state index contributed by atoms with van der Waals surface area (Å²) in [6, 6.07) is 0. The van der Waals surface area contributed by atoms with Gasteiger partial charge in [-0.15, -0.1) is 25.3 Å². The van der Waals surface area contributed by atoms with Gasteiger partial charge in [-0.05, 0) is 37.5 Å². The Morgan fingerprint density at radius 1 is 0.900 bits per heavy atom. The van der Waals surface area contributed by atoms with E-state index in [9.17, 15) is 19.8 Å². The number of aliphatic carboxylic acids is 2. The van der Waals surface area contributed by atoms with Gasteiger partial charge in [0, 0.05) is 0 Å². The van der Waals surface area contributed by atoms with Gasteiger partial charge in [0.25, 0.3) is 0 Å². The second-order valence-electron chi connectivity index (χ2n) is 6.23. The third-order valence-corrected chi connectivity index (χ3v) is 4.91. The van der Waals surface area contributed by atoms with E-state index in [4.69, 9.17) is 0 Å². The molecule has 0 rings (SSSR count). The summed E-state index contributed by atoms with van der Waals surface area (Å²) >= 11 is 8.18. The molecule has 4 nitrogen and oxygen atoms in total. The number of hydrogen-bond acceptors (Lipinski definition) is 4.